The average Bonchev–Trinajstić information content (AvgIpc) is 2.32. The van der Waals surface area contributed by atoms with Gasteiger partial charge in [0.15, 0.2) is 0 Å². The van der Waals surface area contributed by atoms with Crippen LogP contribution in [-0.4, -0.2) is 4.98 Å². The lowest BCUT2D eigenvalue weighted by molar-refractivity contribution is 0.306. The number of aromatic nitrogens is 1. The van der Waals surface area contributed by atoms with Crippen LogP contribution < -0.4 is 10.5 Å². The lowest BCUT2D eigenvalue weighted by Gasteiger charge is -2.09. The van der Waals surface area contributed by atoms with Gasteiger partial charge in [-0.25, -0.2) is 4.98 Å². The Hall–Kier alpha value is -1.26. The predicted octanol–water partition coefficient (Wildman–Crippen LogP) is 3.66. The standard InChI is InChI=1S/C12H10BrClN2O/c13-9-3-4-10(14)11(6-9)17-7-8-2-1-5-16-12(8)15/h1-6H,7H2,(H2,15,16). The summed E-state index contributed by atoms with van der Waals surface area (Å²) in [6.45, 7) is 0.343. The second-order valence-corrected chi connectivity index (χ2v) is 4.73. The summed E-state index contributed by atoms with van der Waals surface area (Å²) >= 11 is 9.37. The van der Waals surface area contributed by atoms with Gasteiger partial charge in [-0.05, 0) is 24.3 Å². The van der Waals surface area contributed by atoms with Crippen molar-refractivity contribution in [3.05, 3.63) is 51.6 Å². The second kappa shape index (κ2) is 5.38. The second-order valence-electron chi connectivity index (χ2n) is 3.41. The topological polar surface area (TPSA) is 48.1 Å². The highest BCUT2D eigenvalue weighted by atomic mass is 79.9. The van der Waals surface area contributed by atoms with E-state index < -0.39 is 0 Å². The molecule has 0 atom stereocenters. The van der Waals surface area contributed by atoms with Crippen LogP contribution in [0.25, 0.3) is 0 Å². The summed E-state index contributed by atoms with van der Waals surface area (Å²) in [5.74, 6) is 1.09. The fourth-order valence-corrected chi connectivity index (χ4v) is 1.83. The van der Waals surface area contributed by atoms with Crippen molar-refractivity contribution in [2.75, 3.05) is 5.73 Å². The highest BCUT2D eigenvalue weighted by Gasteiger charge is 2.04. The van der Waals surface area contributed by atoms with E-state index in [-0.39, 0.29) is 0 Å². The molecule has 2 rings (SSSR count). The zero-order valence-electron chi connectivity index (χ0n) is 8.86. The maximum absolute atomic E-state index is 6.01. The molecule has 2 N–H and O–H groups in total. The third kappa shape index (κ3) is 3.11. The smallest absolute Gasteiger partial charge is 0.139 e. The fraction of sp³-hybridized carbons (Fsp3) is 0.0833. The molecular formula is C12H10BrClN2O. The van der Waals surface area contributed by atoms with Crippen LogP contribution in [0, 0.1) is 0 Å². The number of ether oxygens (including phenoxy) is 1. The van der Waals surface area contributed by atoms with Gasteiger partial charge in [-0.1, -0.05) is 33.6 Å². The molecule has 1 aromatic carbocycles. The number of nitrogen functional groups attached to an aromatic ring is 1. The average molecular weight is 314 g/mol. The van der Waals surface area contributed by atoms with Gasteiger partial charge < -0.3 is 10.5 Å². The third-order valence-corrected chi connectivity index (χ3v) is 3.01. The number of hydrogen-bond acceptors (Lipinski definition) is 3. The molecule has 1 heterocycles. The van der Waals surface area contributed by atoms with Crippen molar-refractivity contribution in [3.63, 3.8) is 0 Å². The number of anilines is 1. The molecule has 0 amide bonds. The molecule has 0 saturated carbocycles. The molecule has 5 heteroatoms. The van der Waals surface area contributed by atoms with Crippen LogP contribution in [0.5, 0.6) is 5.75 Å². The SMILES string of the molecule is Nc1ncccc1COc1cc(Br)ccc1Cl. The zero-order valence-corrected chi connectivity index (χ0v) is 11.2. The van der Waals surface area contributed by atoms with Crippen LogP contribution in [-0.2, 0) is 6.61 Å². The minimum absolute atomic E-state index is 0.343. The number of nitrogens with two attached hydrogens (primary N) is 1. The summed E-state index contributed by atoms with van der Waals surface area (Å²) in [6.07, 6.45) is 1.64. The normalized spacial score (nSPS) is 10.2. The number of rotatable bonds is 3. The molecule has 0 aliphatic rings. The number of hydrogen-bond donors (Lipinski definition) is 1. The van der Waals surface area contributed by atoms with Crippen molar-refractivity contribution in [3.8, 4) is 5.75 Å². The van der Waals surface area contributed by atoms with Crippen molar-refractivity contribution < 1.29 is 4.74 Å². The molecule has 17 heavy (non-hydrogen) atoms. The van der Waals surface area contributed by atoms with Gasteiger partial charge >= 0.3 is 0 Å². The van der Waals surface area contributed by atoms with Gasteiger partial charge in [0, 0.05) is 16.2 Å². The Morgan fingerprint density at radius 3 is 2.94 bits per heavy atom. The molecule has 2 aromatic rings. The van der Waals surface area contributed by atoms with Gasteiger partial charge in [-0.2, -0.15) is 0 Å². The first-order valence-corrected chi connectivity index (χ1v) is 6.11. The van der Waals surface area contributed by atoms with Crippen LogP contribution in [0.3, 0.4) is 0 Å². The Kier molecular flexibility index (Phi) is 3.86. The Labute approximate surface area is 113 Å². The highest BCUT2D eigenvalue weighted by Crippen LogP contribution is 2.28. The summed E-state index contributed by atoms with van der Waals surface area (Å²) in [5, 5.41) is 0.565. The molecule has 0 radical (unpaired) electrons. The summed E-state index contributed by atoms with van der Waals surface area (Å²) in [5.41, 5.74) is 6.56. The largest absolute Gasteiger partial charge is 0.487 e. The molecule has 0 saturated heterocycles. The number of benzene rings is 1. The monoisotopic (exact) mass is 312 g/mol. The Bertz CT molecular complexity index is 534. The van der Waals surface area contributed by atoms with Gasteiger partial charge in [0.05, 0.1) is 5.02 Å². The van der Waals surface area contributed by atoms with E-state index in [0.717, 1.165) is 10.0 Å². The van der Waals surface area contributed by atoms with E-state index in [1.165, 1.54) is 0 Å². The first kappa shape index (κ1) is 12.2. The fourth-order valence-electron chi connectivity index (χ4n) is 1.32. The first-order valence-electron chi connectivity index (χ1n) is 4.94. The van der Waals surface area contributed by atoms with Gasteiger partial charge in [-0.3, -0.25) is 0 Å². The van der Waals surface area contributed by atoms with Crippen molar-refractivity contribution in [1.29, 1.82) is 0 Å². The van der Waals surface area contributed by atoms with Crippen LogP contribution in [0.1, 0.15) is 5.56 Å². The zero-order chi connectivity index (χ0) is 12.3. The van der Waals surface area contributed by atoms with Crippen LogP contribution >= 0.6 is 27.5 Å². The highest BCUT2D eigenvalue weighted by molar-refractivity contribution is 9.10. The summed E-state index contributed by atoms with van der Waals surface area (Å²) in [6, 6.07) is 9.13. The molecule has 3 nitrogen and oxygen atoms in total. The first-order chi connectivity index (χ1) is 8.16. The van der Waals surface area contributed by atoms with Gasteiger partial charge in [0.1, 0.15) is 18.2 Å². The van der Waals surface area contributed by atoms with E-state index in [0.29, 0.717) is 23.2 Å². The van der Waals surface area contributed by atoms with E-state index in [1.54, 1.807) is 12.3 Å². The lowest BCUT2D eigenvalue weighted by atomic mass is 10.3. The molecule has 0 fully saturated rings. The molecule has 1 aromatic heterocycles. The third-order valence-electron chi connectivity index (χ3n) is 2.20. The maximum atomic E-state index is 6.01. The summed E-state index contributed by atoms with van der Waals surface area (Å²) in [4.78, 5) is 3.99. The van der Waals surface area contributed by atoms with Crippen LogP contribution in [0.4, 0.5) is 5.82 Å². The maximum Gasteiger partial charge on any atom is 0.139 e. The molecule has 0 aliphatic carbocycles. The van der Waals surface area contributed by atoms with Crippen LogP contribution in [0.15, 0.2) is 41.0 Å². The lowest BCUT2D eigenvalue weighted by Crippen LogP contribution is -2.02. The minimum Gasteiger partial charge on any atom is -0.487 e. The van der Waals surface area contributed by atoms with Gasteiger partial charge in [-0.15, -0.1) is 0 Å². The van der Waals surface area contributed by atoms with E-state index in [4.69, 9.17) is 22.1 Å². The number of nitrogens with zero attached hydrogens (tertiary/aromatic N) is 1. The van der Waals surface area contributed by atoms with Crippen molar-refractivity contribution in [2.24, 2.45) is 0 Å². The number of halogens is 2. The summed E-state index contributed by atoms with van der Waals surface area (Å²) < 4.78 is 6.52. The van der Waals surface area contributed by atoms with Crippen molar-refractivity contribution in [1.82, 2.24) is 4.98 Å². The van der Waals surface area contributed by atoms with Gasteiger partial charge in [0.25, 0.3) is 0 Å². The molecule has 0 unspecified atom stereocenters. The van der Waals surface area contributed by atoms with Crippen molar-refractivity contribution >= 4 is 33.3 Å². The van der Waals surface area contributed by atoms with E-state index in [9.17, 15) is 0 Å². The minimum atomic E-state index is 0.343. The summed E-state index contributed by atoms with van der Waals surface area (Å²) in [7, 11) is 0. The molecule has 88 valence electrons. The van der Waals surface area contributed by atoms with Crippen molar-refractivity contribution in [2.45, 2.75) is 6.61 Å². The molecular weight excluding hydrogens is 304 g/mol. The molecule has 0 spiro atoms. The predicted molar refractivity (Wildman–Crippen MR) is 72.1 cm³/mol. The Balaban J connectivity index is 2.12. The quantitative estimate of drug-likeness (QED) is 0.940. The number of pyridine rings is 1. The van der Waals surface area contributed by atoms with E-state index in [1.807, 2.05) is 24.3 Å². The molecule has 0 aliphatic heterocycles. The Morgan fingerprint density at radius 1 is 1.35 bits per heavy atom. The van der Waals surface area contributed by atoms with E-state index >= 15 is 0 Å². The van der Waals surface area contributed by atoms with Gasteiger partial charge in [0.2, 0.25) is 0 Å². The van der Waals surface area contributed by atoms with Crippen LogP contribution in [0.2, 0.25) is 5.02 Å². The van der Waals surface area contributed by atoms with E-state index in [2.05, 4.69) is 20.9 Å². The Morgan fingerprint density at radius 2 is 2.18 bits per heavy atom. The molecule has 0 bridgehead atoms.